The van der Waals surface area contributed by atoms with Crippen LogP contribution in [-0.4, -0.2) is 12.5 Å². The summed E-state index contributed by atoms with van der Waals surface area (Å²) in [7, 11) is 1.86. The van der Waals surface area contributed by atoms with Gasteiger partial charge in [0.05, 0.1) is 6.61 Å². The van der Waals surface area contributed by atoms with E-state index >= 15 is 0 Å². The van der Waals surface area contributed by atoms with Crippen LogP contribution in [0.5, 0.6) is 0 Å². The van der Waals surface area contributed by atoms with Crippen LogP contribution in [0.4, 0.5) is 0 Å². The van der Waals surface area contributed by atoms with E-state index in [4.69, 9.17) is 4.84 Å². The van der Waals surface area contributed by atoms with Gasteiger partial charge < -0.3 is 0 Å². The van der Waals surface area contributed by atoms with Gasteiger partial charge in [-0.1, -0.05) is 12.1 Å². The molecule has 0 saturated heterocycles. The summed E-state index contributed by atoms with van der Waals surface area (Å²) in [6.07, 6.45) is 0. The number of pyridine rings is 1. The topological polar surface area (TPSA) is 42.2 Å². The van der Waals surface area contributed by atoms with Crippen molar-refractivity contribution in [2.75, 3.05) is 6.61 Å². The Morgan fingerprint density at radius 2 is 2.06 bits per heavy atom. The minimum atomic E-state index is -0.236. The molecule has 1 aromatic carbocycles. The van der Waals surface area contributed by atoms with E-state index < -0.39 is 0 Å². The number of benzene rings is 1. The van der Waals surface area contributed by atoms with Crippen LogP contribution in [0.2, 0.25) is 0 Å². The Hall–Kier alpha value is -1.94. The highest BCUT2D eigenvalue weighted by molar-refractivity contribution is 5.91. The van der Waals surface area contributed by atoms with Crippen LogP contribution in [0.25, 0.3) is 10.9 Å². The molecule has 0 aliphatic rings. The standard InChI is InChI=1S/C13H14N2O2/c1-3-17-14-13(16)12-9-8-10-6-4-5-7-11(10)15(12)2/h4-9H,3H2,1-2H3/p+1. The quantitative estimate of drug-likeness (QED) is 0.640. The molecule has 4 heteroatoms. The summed E-state index contributed by atoms with van der Waals surface area (Å²) in [6.45, 7) is 2.27. The van der Waals surface area contributed by atoms with Crippen molar-refractivity contribution in [2.45, 2.75) is 6.92 Å². The van der Waals surface area contributed by atoms with E-state index in [2.05, 4.69) is 5.48 Å². The van der Waals surface area contributed by atoms with Gasteiger partial charge in [0.25, 0.3) is 5.69 Å². The predicted molar refractivity (Wildman–Crippen MR) is 64.2 cm³/mol. The van der Waals surface area contributed by atoms with Crippen LogP contribution in [0.15, 0.2) is 36.4 Å². The summed E-state index contributed by atoms with van der Waals surface area (Å²) in [6, 6.07) is 11.6. The average Bonchev–Trinajstić information content (AvgIpc) is 2.37. The van der Waals surface area contributed by atoms with Gasteiger partial charge in [-0.3, -0.25) is 9.63 Å². The first-order chi connectivity index (χ1) is 8.24. The maximum absolute atomic E-state index is 11.8. The number of hydroxylamine groups is 1. The van der Waals surface area contributed by atoms with Crippen LogP contribution < -0.4 is 10.0 Å². The van der Waals surface area contributed by atoms with Crippen LogP contribution >= 0.6 is 0 Å². The van der Waals surface area contributed by atoms with Gasteiger partial charge >= 0.3 is 5.91 Å². The SMILES string of the molecule is CCONC(=O)c1ccc2ccccc2[n+]1C. The van der Waals surface area contributed by atoms with Crippen LogP contribution in [-0.2, 0) is 11.9 Å². The Labute approximate surface area is 99.8 Å². The van der Waals surface area contributed by atoms with Crippen molar-refractivity contribution in [2.24, 2.45) is 7.05 Å². The minimum Gasteiger partial charge on any atom is -0.274 e. The van der Waals surface area contributed by atoms with Crippen molar-refractivity contribution in [1.82, 2.24) is 5.48 Å². The number of aromatic nitrogens is 1. The number of carbonyl (C=O) groups is 1. The zero-order chi connectivity index (χ0) is 12.3. The second-order valence-corrected chi connectivity index (χ2v) is 3.70. The number of carbonyl (C=O) groups excluding carboxylic acids is 1. The van der Waals surface area contributed by atoms with Crippen molar-refractivity contribution in [3.8, 4) is 0 Å². The second-order valence-electron chi connectivity index (χ2n) is 3.70. The van der Waals surface area contributed by atoms with Gasteiger partial charge in [-0.05, 0) is 19.1 Å². The number of nitrogens with zero attached hydrogens (tertiary/aromatic N) is 1. The Bertz CT molecular complexity index is 552. The third kappa shape index (κ3) is 2.26. The van der Waals surface area contributed by atoms with Gasteiger partial charge in [-0.15, -0.1) is 0 Å². The Kier molecular flexibility index (Phi) is 3.35. The molecule has 1 N–H and O–H groups in total. The summed E-state index contributed by atoms with van der Waals surface area (Å²) < 4.78 is 1.85. The summed E-state index contributed by atoms with van der Waals surface area (Å²) in [5.41, 5.74) is 3.97. The first-order valence-electron chi connectivity index (χ1n) is 5.54. The van der Waals surface area contributed by atoms with E-state index in [9.17, 15) is 4.79 Å². The third-order valence-corrected chi connectivity index (χ3v) is 2.62. The zero-order valence-electron chi connectivity index (χ0n) is 9.93. The van der Waals surface area contributed by atoms with E-state index in [0.29, 0.717) is 12.3 Å². The smallest absolute Gasteiger partial charge is 0.274 e. The average molecular weight is 231 g/mol. The predicted octanol–water partition coefficient (Wildman–Crippen LogP) is 1.35. The summed E-state index contributed by atoms with van der Waals surface area (Å²) >= 11 is 0. The molecule has 0 saturated carbocycles. The fraction of sp³-hybridized carbons (Fsp3) is 0.231. The zero-order valence-corrected chi connectivity index (χ0v) is 9.93. The lowest BCUT2D eigenvalue weighted by atomic mass is 10.2. The van der Waals surface area contributed by atoms with Gasteiger partial charge in [0.15, 0.2) is 0 Å². The molecule has 0 radical (unpaired) electrons. The fourth-order valence-corrected chi connectivity index (χ4v) is 1.76. The molecule has 17 heavy (non-hydrogen) atoms. The minimum absolute atomic E-state index is 0.236. The van der Waals surface area contributed by atoms with Gasteiger partial charge in [0, 0.05) is 17.5 Å². The Balaban J connectivity index is 2.42. The number of aryl methyl sites for hydroxylation is 1. The van der Waals surface area contributed by atoms with E-state index in [1.807, 2.05) is 48.9 Å². The first kappa shape index (κ1) is 11.5. The van der Waals surface area contributed by atoms with Crippen molar-refractivity contribution in [1.29, 1.82) is 0 Å². The van der Waals surface area contributed by atoms with Crippen molar-refractivity contribution in [3.63, 3.8) is 0 Å². The molecule has 0 fully saturated rings. The molecule has 0 unspecified atom stereocenters. The monoisotopic (exact) mass is 231 g/mol. The summed E-state index contributed by atoms with van der Waals surface area (Å²) in [5, 5.41) is 1.10. The second kappa shape index (κ2) is 4.93. The molecular weight excluding hydrogens is 216 g/mol. The fourth-order valence-electron chi connectivity index (χ4n) is 1.76. The van der Waals surface area contributed by atoms with E-state index in [-0.39, 0.29) is 5.91 Å². The lowest BCUT2D eigenvalue weighted by molar-refractivity contribution is -0.647. The molecule has 0 spiro atoms. The molecule has 1 amide bonds. The van der Waals surface area contributed by atoms with E-state index in [1.165, 1.54) is 0 Å². The molecule has 2 rings (SSSR count). The molecule has 4 nitrogen and oxygen atoms in total. The molecular formula is C13H15N2O2+. The van der Waals surface area contributed by atoms with Crippen LogP contribution in [0.1, 0.15) is 17.4 Å². The number of para-hydroxylation sites is 1. The number of hydrogen-bond donors (Lipinski definition) is 1. The molecule has 0 aliphatic heterocycles. The van der Waals surface area contributed by atoms with E-state index in [0.717, 1.165) is 10.9 Å². The largest absolute Gasteiger partial charge is 0.339 e. The van der Waals surface area contributed by atoms with Gasteiger partial charge in [0.1, 0.15) is 7.05 Å². The molecule has 0 bridgehead atoms. The van der Waals surface area contributed by atoms with E-state index in [1.54, 1.807) is 6.07 Å². The molecule has 1 heterocycles. The summed E-state index contributed by atoms with van der Waals surface area (Å²) in [4.78, 5) is 16.7. The van der Waals surface area contributed by atoms with Gasteiger partial charge in [0.2, 0.25) is 5.52 Å². The molecule has 1 aromatic heterocycles. The van der Waals surface area contributed by atoms with Gasteiger partial charge in [-0.25, -0.2) is 5.48 Å². The number of hydrogen-bond acceptors (Lipinski definition) is 2. The third-order valence-electron chi connectivity index (χ3n) is 2.62. The van der Waals surface area contributed by atoms with Crippen molar-refractivity contribution in [3.05, 3.63) is 42.1 Å². The van der Waals surface area contributed by atoms with Crippen molar-refractivity contribution >= 4 is 16.8 Å². The maximum atomic E-state index is 11.8. The van der Waals surface area contributed by atoms with Crippen LogP contribution in [0.3, 0.4) is 0 Å². The van der Waals surface area contributed by atoms with Gasteiger partial charge in [-0.2, -0.15) is 4.57 Å². The number of rotatable bonds is 3. The molecule has 0 atom stereocenters. The molecule has 88 valence electrons. The Morgan fingerprint density at radius 3 is 2.82 bits per heavy atom. The highest BCUT2D eigenvalue weighted by Crippen LogP contribution is 2.09. The normalized spacial score (nSPS) is 10.5. The maximum Gasteiger partial charge on any atom is 0.339 e. The Morgan fingerprint density at radius 1 is 1.29 bits per heavy atom. The van der Waals surface area contributed by atoms with Crippen LogP contribution in [0, 0.1) is 0 Å². The lowest BCUT2D eigenvalue weighted by Gasteiger charge is -2.04. The summed E-state index contributed by atoms with van der Waals surface area (Å²) in [5.74, 6) is -0.236. The highest BCUT2D eigenvalue weighted by Gasteiger charge is 2.18. The molecule has 2 aromatic rings. The number of nitrogens with one attached hydrogen (secondary N) is 1. The lowest BCUT2D eigenvalue weighted by Crippen LogP contribution is -2.41. The molecule has 0 aliphatic carbocycles. The van der Waals surface area contributed by atoms with Crippen molar-refractivity contribution < 1.29 is 14.2 Å². The number of fused-ring (bicyclic) bond motifs is 1. The highest BCUT2D eigenvalue weighted by atomic mass is 16.6. The number of amides is 1. The first-order valence-corrected chi connectivity index (χ1v) is 5.54.